The number of fused-ring (bicyclic) bond motifs is 1. The van der Waals surface area contributed by atoms with Crippen LogP contribution in [-0.4, -0.2) is 24.2 Å². The van der Waals surface area contributed by atoms with Gasteiger partial charge in [-0.25, -0.2) is 4.98 Å². The molecule has 4 aromatic rings. The highest BCUT2D eigenvalue weighted by Gasteiger charge is 2.09. The Labute approximate surface area is 165 Å². The van der Waals surface area contributed by atoms with Crippen LogP contribution >= 0.6 is 11.7 Å². The van der Waals surface area contributed by atoms with Crippen molar-refractivity contribution in [2.24, 2.45) is 0 Å². The molecule has 0 saturated heterocycles. The molecule has 0 spiro atoms. The third-order valence-electron chi connectivity index (χ3n) is 4.31. The van der Waals surface area contributed by atoms with Crippen LogP contribution in [-0.2, 0) is 11.3 Å². The molecule has 2 heterocycles. The van der Waals surface area contributed by atoms with Crippen LogP contribution in [0.2, 0.25) is 0 Å². The summed E-state index contributed by atoms with van der Waals surface area (Å²) in [6.45, 7) is 0.427. The lowest BCUT2D eigenvalue weighted by molar-refractivity contribution is -0.116. The minimum atomic E-state index is -0.132. The summed E-state index contributed by atoms with van der Waals surface area (Å²) in [6.07, 6.45) is 2.36. The maximum absolute atomic E-state index is 12.3. The van der Waals surface area contributed by atoms with Gasteiger partial charge < -0.3 is 5.32 Å². The Morgan fingerprint density at radius 3 is 2.75 bits per heavy atom. The van der Waals surface area contributed by atoms with Crippen molar-refractivity contribution in [1.82, 2.24) is 18.3 Å². The number of carbonyl (C=O) groups excluding carboxylic acids is 1. The van der Waals surface area contributed by atoms with Crippen molar-refractivity contribution >= 4 is 34.4 Å². The zero-order chi connectivity index (χ0) is 19.3. The molecule has 2 aromatic heterocycles. The van der Waals surface area contributed by atoms with E-state index in [9.17, 15) is 9.59 Å². The summed E-state index contributed by atoms with van der Waals surface area (Å²) in [5.41, 5.74) is 3.52. The second-order valence-electron chi connectivity index (χ2n) is 6.26. The molecule has 28 heavy (non-hydrogen) atoms. The van der Waals surface area contributed by atoms with Crippen molar-refractivity contribution in [2.75, 3.05) is 5.32 Å². The van der Waals surface area contributed by atoms with Gasteiger partial charge in [-0.2, -0.15) is 8.75 Å². The molecule has 140 valence electrons. The molecule has 0 aliphatic rings. The summed E-state index contributed by atoms with van der Waals surface area (Å²) in [7, 11) is 0. The molecule has 7 nitrogen and oxygen atoms in total. The van der Waals surface area contributed by atoms with E-state index in [0.29, 0.717) is 36.3 Å². The first-order chi connectivity index (χ1) is 13.7. The van der Waals surface area contributed by atoms with E-state index in [1.165, 1.54) is 17.0 Å². The van der Waals surface area contributed by atoms with Gasteiger partial charge in [-0.15, -0.1) is 0 Å². The highest BCUT2D eigenvalue weighted by molar-refractivity contribution is 7.00. The Morgan fingerprint density at radius 1 is 1.07 bits per heavy atom. The van der Waals surface area contributed by atoms with E-state index in [1.807, 2.05) is 42.5 Å². The van der Waals surface area contributed by atoms with E-state index in [1.54, 1.807) is 6.07 Å². The SMILES string of the molecule is O=C(CCCn1cnc(-c2ccccc2)cc1=O)Nc1cccc2nsnc12. The Kier molecular flexibility index (Phi) is 5.20. The maximum atomic E-state index is 12.3. The molecular weight excluding hydrogens is 374 g/mol. The topological polar surface area (TPSA) is 89.8 Å². The minimum Gasteiger partial charge on any atom is -0.324 e. The predicted molar refractivity (Wildman–Crippen MR) is 109 cm³/mol. The van der Waals surface area contributed by atoms with Crippen LogP contribution in [0, 0.1) is 0 Å². The highest BCUT2D eigenvalue weighted by Crippen LogP contribution is 2.21. The molecule has 0 radical (unpaired) electrons. The van der Waals surface area contributed by atoms with Crippen LogP contribution in [0.1, 0.15) is 12.8 Å². The molecule has 0 saturated carbocycles. The molecule has 0 aliphatic carbocycles. The number of rotatable bonds is 6. The van der Waals surface area contributed by atoms with Crippen LogP contribution in [0.3, 0.4) is 0 Å². The number of amides is 1. The summed E-state index contributed by atoms with van der Waals surface area (Å²) in [6, 6.07) is 16.6. The van der Waals surface area contributed by atoms with Gasteiger partial charge in [0, 0.05) is 24.6 Å². The number of nitrogens with one attached hydrogen (secondary N) is 1. The van der Waals surface area contributed by atoms with Gasteiger partial charge in [0.25, 0.3) is 5.56 Å². The lowest BCUT2D eigenvalue weighted by Crippen LogP contribution is -2.21. The molecule has 0 aliphatic heterocycles. The zero-order valence-corrected chi connectivity index (χ0v) is 15.7. The van der Waals surface area contributed by atoms with E-state index >= 15 is 0 Å². The van der Waals surface area contributed by atoms with Gasteiger partial charge in [-0.1, -0.05) is 36.4 Å². The van der Waals surface area contributed by atoms with Crippen LogP contribution in [0.25, 0.3) is 22.3 Å². The van der Waals surface area contributed by atoms with Crippen LogP contribution in [0.4, 0.5) is 5.69 Å². The normalized spacial score (nSPS) is 10.9. The van der Waals surface area contributed by atoms with Crippen molar-refractivity contribution in [1.29, 1.82) is 0 Å². The molecular formula is C20H17N5O2S. The summed E-state index contributed by atoms with van der Waals surface area (Å²) in [5.74, 6) is -0.123. The Hall–Kier alpha value is -3.39. The van der Waals surface area contributed by atoms with Gasteiger partial charge in [-0.3, -0.25) is 14.2 Å². The number of aromatic nitrogens is 4. The van der Waals surface area contributed by atoms with E-state index in [4.69, 9.17) is 0 Å². The fraction of sp³-hybridized carbons (Fsp3) is 0.150. The average molecular weight is 391 g/mol. The molecule has 1 N–H and O–H groups in total. The number of hydrogen-bond acceptors (Lipinski definition) is 6. The Balaban J connectivity index is 1.35. The first-order valence-corrected chi connectivity index (χ1v) is 9.57. The number of nitrogens with zero attached hydrogens (tertiary/aromatic N) is 4. The van der Waals surface area contributed by atoms with Crippen molar-refractivity contribution in [3.8, 4) is 11.3 Å². The Morgan fingerprint density at radius 2 is 1.93 bits per heavy atom. The fourth-order valence-corrected chi connectivity index (χ4v) is 3.44. The van der Waals surface area contributed by atoms with Crippen molar-refractivity contribution in [3.05, 3.63) is 71.3 Å². The average Bonchev–Trinajstić information content (AvgIpc) is 3.20. The first kappa shape index (κ1) is 18.0. The smallest absolute Gasteiger partial charge is 0.253 e. The standard InChI is InChI=1S/C20H17N5O2S/c26-18(22-15-8-4-9-16-20(15)24-28-23-16)10-5-11-25-13-21-17(12-19(25)27)14-6-2-1-3-7-14/h1-4,6-9,12-13H,5,10-11H2,(H,22,26). The quantitative estimate of drug-likeness (QED) is 0.544. The first-order valence-electron chi connectivity index (χ1n) is 8.84. The third-order valence-corrected chi connectivity index (χ3v) is 4.85. The van der Waals surface area contributed by atoms with Gasteiger partial charge >= 0.3 is 0 Å². The fourth-order valence-electron chi connectivity index (χ4n) is 2.89. The lowest BCUT2D eigenvalue weighted by atomic mass is 10.1. The van der Waals surface area contributed by atoms with Gasteiger partial charge in [0.2, 0.25) is 5.91 Å². The minimum absolute atomic E-state index is 0.123. The highest BCUT2D eigenvalue weighted by atomic mass is 32.1. The number of benzene rings is 2. The Bertz CT molecular complexity index is 1170. The van der Waals surface area contributed by atoms with E-state index < -0.39 is 0 Å². The van der Waals surface area contributed by atoms with Gasteiger partial charge in [0.1, 0.15) is 11.0 Å². The van der Waals surface area contributed by atoms with E-state index in [0.717, 1.165) is 22.8 Å². The monoisotopic (exact) mass is 391 g/mol. The molecule has 0 atom stereocenters. The summed E-state index contributed by atoms with van der Waals surface area (Å²) in [5, 5.41) is 2.86. The summed E-state index contributed by atoms with van der Waals surface area (Å²) in [4.78, 5) is 28.9. The lowest BCUT2D eigenvalue weighted by Gasteiger charge is -2.08. The molecule has 0 bridgehead atoms. The van der Waals surface area contributed by atoms with Gasteiger partial charge in [-0.05, 0) is 18.6 Å². The molecule has 8 heteroatoms. The van der Waals surface area contributed by atoms with Crippen molar-refractivity contribution in [3.63, 3.8) is 0 Å². The summed E-state index contributed by atoms with van der Waals surface area (Å²) >= 11 is 1.11. The van der Waals surface area contributed by atoms with Crippen LogP contribution in [0.5, 0.6) is 0 Å². The zero-order valence-electron chi connectivity index (χ0n) is 14.9. The van der Waals surface area contributed by atoms with Crippen molar-refractivity contribution < 1.29 is 4.79 Å². The predicted octanol–water partition coefficient (Wildman–Crippen LogP) is 3.33. The van der Waals surface area contributed by atoms with Crippen LogP contribution < -0.4 is 10.9 Å². The second-order valence-corrected chi connectivity index (χ2v) is 6.79. The second kappa shape index (κ2) is 8.10. The third kappa shape index (κ3) is 3.96. The van der Waals surface area contributed by atoms with Gasteiger partial charge in [0.15, 0.2) is 0 Å². The summed E-state index contributed by atoms with van der Waals surface area (Å²) < 4.78 is 9.89. The van der Waals surface area contributed by atoms with Crippen LogP contribution in [0.15, 0.2) is 65.7 Å². The number of anilines is 1. The molecule has 2 aromatic carbocycles. The number of hydrogen-bond donors (Lipinski definition) is 1. The number of carbonyl (C=O) groups is 1. The molecule has 4 rings (SSSR count). The van der Waals surface area contributed by atoms with Gasteiger partial charge in [0.05, 0.1) is 29.4 Å². The molecule has 1 amide bonds. The maximum Gasteiger partial charge on any atom is 0.253 e. The number of aryl methyl sites for hydroxylation is 1. The van der Waals surface area contributed by atoms with E-state index in [-0.39, 0.29) is 11.5 Å². The molecule has 0 unspecified atom stereocenters. The largest absolute Gasteiger partial charge is 0.324 e. The molecule has 0 fully saturated rings. The van der Waals surface area contributed by atoms with E-state index in [2.05, 4.69) is 19.0 Å². The van der Waals surface area contributed by atoms with Crippen molar-refractivity contribution in [2.45, 2.75) is 19.4 Å².